The van der Waals surface area contributed by atoms with Crippen molar-refractivity contribution >= 4 is 23.3 Å². The van der Waals surface area contributed by atoms with Crippen LogP contribution in [0.4, 0.5) is 20.6 Å². The molecule has 7 nitrogen and oxygen atoms in total. The zero-order chi connectivity index (χ0) is 20.8. The van der Waals surface area contributed by atoms with Crippen molar-refractivity contribution in [3.05, 3.63) is 59.4 Å². The molecule has 3 rings (SSSR count). The van der Waals surface area contributed by atoms with Gasteiger partial charge in [0.05, 0.1) is 31.4 Å². The number of hydrogen-bond donors (Lipinski definition) is 3. The molecule has 0 saturated carbocycles. The summed E-state index contributed by atoms with van der Waals surface area (Å²) in [5, 5.41) is 5.29. The molecule has 4 N–H and O–H groups in total. The summed E-state index contributed by atoms with van der Waals surface area (Å²) in [4.78, 5) is 25.8. The number of morpholine rings is 1. The van der Waals surface area contributed by atoms with Crippen molar-refractivity contribution in [1.82, 2.24) is 5.32 Å². The number of anilines is 2. The van der Waals surface area contributed by atoms with Crippen LogP contribution in [-0.2, 0) is 9.53 Å². The molecule has 0 aromatic heterocycles. The Morgan fingerprint density at radius 1 is 1.21 bits per heavy atom. The van der Waals surface area contributed by atoms with Crippen molar-refractivity contribution in [2.75, 3.05) is 36.5 Å². The number of carbonyl (C=O) groups is 2. The number of urea groups is 1. The molecule has 2 aromatic rings. The lowest BCUT2D eigenvalue weighted by molar-refractivity contribution is -0.116. The molecule has 29 heavy (non-hydrogen) atoms. The highest BCUT2D eigenvalue weighted by Gasteiger charge is 2.20. The Balaban J connectivity index is 1.69. The predicted octanol–water partition coefficient (Wildman–Crippen LogP) is 2.71. The molecule has 0 radical (unpaired) electrons. The Labute approximate surface area is 169 Å². The van der Waals surface area contributed by atoms with Crippen LogP contribution >= 0.6 is 0 Å². The van der Waals surface area contributed by atoms with Crippen molar-refractivity contribution in [3.8, 4) is 0 Å². The lowest BCUT2D eigenvalue weighted by Crippen LogP contribution is -2.36. The maximum Gasteiger partial charge on any atom is 0.312 e. The number of hydrogen-bond acceptors (Lipinski definition) is 4. The number of rotatable bonds is 6. The second kappa shape index (κ2) is 9.38. The van der Waals surface area contributed by atoms with E-state index in [0.717, 1.165) is 11.1 Å². The first-order valence-electron chi connectivity index (χ1n) is 9.47. The van der Waals surface area contributed by atoms with Gasteiger partial charge in [-0.05, 0) is 36.2 Å². The molecule has 1 saturated heterocycles. The molecule has 0 aliphatic carbocycles. The van der Waals surface area contributed by atoms with Crippen molar-refractivity contribution in [2.24, 2.45) is 5.73 Å². The molecule has 8 heteroatoms. The van der Waals surface area contributed by atoms with E-state index in [1.807, 2.05) is 36.1 Å². The molecule has 1 fully saturated rings. The first-order chi connectivity index (χ1) is 13.9. The van der Waals surface area contributed by atoms with Gasteiger partial charge in [0.2, 0.25) is 5.91 Å². The van der Waals surface area contributed by atoms with Crippen molar-refractivity contribution in [1.29, 1.82) is 0 Å². The molecule has 1 unspecified atom stereocenters. The summed E-state index contributed by atoms with van der Waals surface area (Å²) >= 11 is 0. The molecular weight excluding hydrogens is 375 g/mol. The van der Waals surface area contributed by atoms with E-state index in [9.17, 15) is 14.0 Å². The van der Waals surface area contributed by atoms with Gasteiger partial charge < -0.3 is 26.0 Å². The van der Waals surface area contributed by atoms with Gasteiger partial charge in [0.25, 0.3) is 0 Å². The van der Waals surface area contributed by atoms with E-state index in [1.165, 1.54) is 6.07 Å². The highest BCUT2D eigenvalue weighted by atomic mass is 19.1. The van der Waals surface area contributed by atoms with Crippen molar-refractivity contribution in [2.45, 2.75) is 19.4 Å². The maximum atomic E-state index is 14.5. The fourth-order valence-electron chi connectivity index (χ4n) is 3.43. The Morgan fingerprint density at radius 2 is 1.93 bits per heavy atom. The van der Waals surface area contributed by atoms with Crippen molar-refractivity contribution < 1.29 is 18.7 Å². The van der Waals surface area contributed by atoms with Gasteiger partial charge in [0, 0.05) is 18.8 Å². The van der Waals surface area contributed by atoms with Gasteiger partial charge in [0.15, 0.2) is 0 Å². The van der Waals surface area contributed by atoms with E-state index in [2.05, 4.69) is 10.6 Å². The minimum atomic E-state index is -0.716. The quantitative estimate of drug-likeness (QED) is 0.695. The number of amides is 3. The van der Waals surface area contributed by atoms with E-state index in [0.29, 0.717) is 37.7 Å². The molecule has 1 aliphatic rings. The highest BCUT2D eigenvalue weighted by molar-refractivity contribution is 5.91. The van der Waals surface area contributed by atoms with Gasteiger partial charge in [-0.15, -0.1) is 0 Å². The third-order valence-electron chi connectivity index (χ3n) is 4.85. The lowest BCUT2D eigenvalue weighted by Gasteiger charge is -2.29. The first-order valence-corrected chi connectivity index (χ1v) is 9.47. The van der Waals surface area contributed by atoms with Crippen molar-refractivity contribution in [3.63, 3.8) is 0 Å². The van der Waals surface area contributed by atoms with Crippen LogP contribution in [0, 0.1) is 12.7 Å². The number of halogens is 1. The number of primary amides is 1. The molecule has 0 bridgehead atoms. The molecule has 0 spiro atoms. The number of nitrogens with zero attached hydrogens (tertiary/aromatic N) is 1. The topological polar surface area (TPSA) is 96.7 Å². The number of carbonyl (C=O) groups excluding carboxylic acids is 2. The zero-order valence-corrected chi connectivity index (χ0v) is 16.3. The molecule has 1 atom stereocenters. The summed E-state index contributed by atoms with van der Waals surface area (Å²) in [6.07, 6.45) is -0.0272. The normalized spacial score (nSPS) is 14.9. The summed E-state index contributed by atoms with van der Waals surface area (Å²) in [5.41, 5.74) is 7.84. The third kappa shape index (κ3) is 5.45. The second-order valence-corrected chi connectivity index (χ2v) is 6.94. The molecular formula is C21H25FN4O3. The minimum Gasteiger partial charge on any atom is -0.378 e. The van der Waals surface area contributed by atoms with Gasteiger partial charge in [0.1, 0.15) is 5.82 Å². The SMILES string of the molecule is Cc1ccccc1C(CC(=O)Nc1ccc(N2CCOCC2)c(F)c1)NC(N)=O. The summed E-state index contributed by atoms with van der Waals surface area (Å²) in [5.74, 6) is -0.763. The average Bonchev–Trinajstić information content (AvgIpc) is 2.68. The van der Waals surface area contributed by atoms with E-state index in [-0.39, 0.29) is 12.3 Å². The van der Waals surface area contributed by atoms with Gasteiger partial charge in [-0.2, -0.15) is 0 Å². The summed E-state index contributed by atoms with van der Waals surface area (Å²) < 4.78 is 19.8. The maximum absolute atomic E-state index is 14.5. The smallest absolute Gasteiger partial charge is 0.312 e. The van der Waals surface area contributed by atoms with Crippen LogP contribution in [0.1, 0.15) is 23.6 Å². The number of aryl methyl sites for hydroxylation is 1. The van der Waals surface area contributed by atoms with Crippen LogP contribution in [0.2, 0.25) is 0 Å². The number of nitrogens with two attached hydrogens (primary N) is 1. The second-order valence-electron chi connectivity index (χ2n) is 6.94. The molecule has 1 aliphatic heterocycles. The Hall–Kier alpha value is -3.13. The fraction of sp³-hybridized carbons (Fsp3) is 0.333. The van der Waals surface area contributed by atoms with Gasteiger partial charge in [-0.3, -0.25) is 4.79 Å². The van der Waals surface area contributed by atoms with E-state index in [4.69, 9.17) is 10.5 Å². The first kappa shape index (κ1) is 20.6. The third-order valence-corrected chi connectivity index (χ3v) is 4.85. The van der Waals surface area contributed by atoms with Crippen LogP contribution in [0.25, 0.3) is 0 Å². The predicted molar refractivity (Wildman–Crippen MR) is 109 cm³/mol. The summed E-state index contributed by atoms with van der Waals surface area (Å²) in [6, 6.07) is 10.7. The Morgan fingerprint density at radius 3 is 2.59 bits per heavy atom. The molecule has 1 heterocycles. The highest BCUT2D eigenvalue weighted by Crippen LogP contribution is 2.25. The van der Waals surface area contributed by atoms with Gasteiger partial charge >= 0.3 is 6.03 Å². The van der Waals surface area contributed by atoms with E-state index in [1.54, 1.807) is 12.1 Å². The van der Waals surface area contributed by atoms with Crippen LogP contribution in [-0.4, -0.2) is 38.2 Å². The fourth-order valence-corrected chi connectivity index (χ4v) is 3.43. The Kier molecular flexibility index (Phi) is 6.66. The van der Waals surface area contributed by atoms with Gasteiger partial charge in [-0.1, -0.05) is 24.3 Å². The molecule has 2 aromatic carbocycles. The van der Waals surface area contributed by atoms with Crippen LogP contribution in [0.3, 0.4) is 0 Å². The molecule has 3 amide bonds. The molecule has 154 valence electrons. The summed E-state index contributed by atoms with van der Waals surface area (Å²) in [6.45, 7) is 4.26. The minimum absolute atomic E-state index is 0.0272. The van der Waals surface area contributed by atoms with E-state index >= 15 is 0 Å². The summed E-state index contributed by atoms with van der Waals surface area (Å²) in [7, 11) is 0. The van der Waals surface area contributed by atoms with Crippen LogP contribution < -0.4 is 21.3 Å². The number of benzene rings is 2. The largest absolute Gasteiger partial charge is 0.378 e. The number of nitrogens with one attached hydrogen (secondary N) is 2. The van der Waals surface area contributed by atoms with Gasteiger partial charge in [-0.25, -0.2) is 9.18 Å². The number of ether oxygens (including phenoxy) is 1. The zero-order valence-electron chi connectivity index (χ0n) is 16.3. The van der Waals surface area contributed by atoms with Crippen LogP contribution in [0.5, 0.6) is 0 Å². The van der Waals surface area contributed by atoms with E-state index < -0.39 is 17.9 Å². The standard InChI is InChI=1S/C21H25FN4O3/c1-14-4-2-3-5-16(14)18(25-21(23)28)13-20(27)24-15-6-7-19(17(22)12-15)26-8-10-29-11-9-26/h2-7,12,18H,8-11,13H2,1H3,(H,24,27)(H3,23,25,28). The average molecular weight is 400 g/mol. The lowest BCUT2D eigenvalue weighted by atomic mass is 9.98. The monoisotopic (exact) mass is 400 g/mol. The Bertz CT molecular complexity index is 884. The van der Waals surface area contributed by atoms with Crippen LogP contribution in [0.15, 0.2) is 42.5 Å².